The number of hydrogen-bond donors (Lipinski definition) is 1. The van der Waals surface area contributed by atoms with Crippen molar-refractivity contribution in [3.8, 4) is 0 Å². The first kappa shape index (κ1) is 23.1. The van der Waals surface area contributed by atoms with E-state index in [1.165, 1.54) is 37.8 Å². The Labute approximate surface area is 213 Å². The van der Waals surface area contributed by atoms with Gasteiger partial charge in [0.1, 0.15) is 5.82 Å². The first-order valence-electron chi connectivity index (χ1n) is 13.5. The number of benzene rings is 1. The van der Waals surface area contributed by atoms with Crippen molar-refractivity contribution < 1.29 is 4.79 Å². The summed E-state index contributed by atoms with van der Waals surface area (Å²) in [6, 6.07) is 18.1. The zero-order valence-electron chi connectivity index (χ0n) is 21.1. The number of nitrogens with zero attached hydrogens (tertiary/aromatic N) is 5. The zero-order chi connectivity index (χ0) is 24.5. The number of aromatic nitrogens is 2. The molecule has 3 aliphatic heterocycles. The third kappa shape index (κ3) is 4.71. The summed E-state index contributed by atoms with van der Waals surface area (Å²) in [5.74, 6) is 1.20. The number of para-hydroxylation sites is 1. The second-order valence-electron chi connectivity index (χ2n) is 10.8. The molecule has 2 bridgehead atoms. The van der Waals surface area contributed by atoms with Crippen LogP contribution >= 0.6 is 0 Å². The van der Waals surface area contributed by atoms with Crippen molar-refractivity contribution in [1.82, 2.24) is 19.8 Å². The summed E-state index contributed by atoms with van der Waals surface area (Å²) in [6.45, 7) is 5.79. The Balaban J connectivity index is 0.998. The van der Waals surface area contributed by atoms with Gasteiger partial charge in [-0.05, 0) is 68.4 Å². The molecule has 0 radical (unpaired) electrons. The smallest absolute Gasteiger partial charge is 0.320 e. The Hall–Kier alpha value is -3.35. The minimum Gasteiger partial charge on any atom is -0.370 e. The number of hydrogen-bond acceptors (Lipinski definition) is 5. The molecule has 2 aromatic heterocycles. The van der Waals surface area contributed by atoms with Crippen LogP contribution in [0.15, 0.2) is 54.7 Å². The number of piperidine rings is 1. The van der Waals surface area contributed by atoms with Crippen LogP contribution in [0, 0.1) is 5.92 Å². The molecular formula is C29H36N6O. The molecule has 1 aromatic carbocycles. The highest BCUT2D eigenvalue weighted by atomic mass is 16.2. The van der Waals surface area contributed by atoms with Crippen LogP contribution in [-0.4, -0.2) is 64.1 Å². The molecular weight excluding hydrogens is 448 g/mol. The number of nitrogens with one attached hydrogen (secondary N) is 1. The number of anilines is 2. The van der Waals surface area contributed by atoms with Gasteiger partial charge in [0, 0.05) is 43.6 Å². The third-order valence-corrected chi connectivity index (χ3v) is 8.10. The molecule has 0 spiro atoms. The number of carbonyl (C=O) groups is 1. The SMILES string of the molecule is CC(CNc1ccc2ccccc2n1)CN1CCN(Cc2ccc(N3C4CCCC3CC4)cn2)C1=O. The normalized spacial score (nSPS) is 22.5. The Morgan fingerprint density at radius 2 is 1.78 bits per heavy atom. The molecule has 188 valence electrons. The van der Waals surface area contributed by atoms with Gasteiger partial charge in [-0.2, -0.15) is 0 Å². The van der Waals surface area contributed by atoms with E-state index in [1.807, 2.05) is 40.3 Å². The molecule has 0 aliphatic carbocycles. The van der Waals surface area contributed by atoms with E-state index in [0.717, 1.165) is 48.6 Å². The van der Waals surface area contributed by atoms with Crippen LogP contribution < -0.4 is 10.2 Å². The number of rotatable bonds is 8. The van der Waals surface area contributed by atoms with Crippen molar-refractivity contribution in [1.29, 1.82) is 0 Å². The Kier molecular flexibility index (Phi) is 6.38. The quantitative estimate of drug-likeness (QED) is 0.480. The third-order valence-electron chi connectivity index (χ3n) is 8.10. The fourth-order valence-corrected chi connectivity index (χ4v) is 6.23. The van der Waals surface area contributed by atoms with E-state index in [4.69, 9.17) is 9.97 Å². The van der Waals surface area contributed by atoms with Crippen molar-refractivity contribution in [3.63, 3.8) is 0 Å². The number of pyridine rings is 2. The second kappa shape index (κ2) is 9.96. The molecule has 5 heterocycles. The predicted molar refractivity (Wildman–Crippen MR) is 144 cm³/mol. The predicted octanol–water partition coefficient (Wildman–Crippen LogP) is 5.14. The summed E-state index contributed by atoms with van der Waals surface area (Å²) in [4.78, 5) is 29.0. The standard InChI is InChI=1S/C29H36N6O/c1-21(17-31-28-14-9-22-5-2-3-8-27(22)32-28)19-33-15-16-34(29(33)36)20-23-10-11-26(18-30-23)35-24-6-4-7-25(35)13-12-24/h2-3,5,8-11,14,18,21,24-25H,4,6-7,12-13,15-17,19-20H2,1H3,(H,31,32). The lowest BCUT2D eigenvalue weighted by atomic mass is 10.0. The molecule has 3 aromatic rings. The lowest BCUT2D eigenvalue weighted by Gasteiger charge is -2.36. The zero-order valence-corrected chi connectivity index (χ0v) is 21.1. The Morgan fingerprint density at radius 3 is 2.58 bits per heavy atom. The van der Waals surface area contributed by atoms with Crippen LogP contribution in [0.2, 0.25) is 0 Å². The second-order valence-corrected chi connectivity index (χ2v) is 10.8. The lowest BCUT2D eigenvalue weighted by molar-refractivity contribution is 0.185. The summed E-state index contributed by atoms with van der Waals surface area (Å²) in [5, 5.41) is 4.58. The molecule has 3 aliphatic rings. The van der Waals surface area contributed by atoms with Crippen LogP contribution in [0.5, 0.6) is 0 Å². The van der Waals surface area contributed by atoms with Gasteiger partial charge in [-0.15, -0.1) is 0 Å². The van der Waals surface area contributed by atoms with E-state index < -0.39 is 0 Å². The number of amides is 2. The van der Waals surface area contributed by atoms with E-state index in [1.54, 1.807) is 0 Å². The Bertz CT molecular complexity index is 1200. The fraction of sp³-hybridized carbons (Fsp3) is 0.483. The summed E-state index contributed by atoms with van der Waals surface area (Å²) >= 11 is 0. The van der Waals surface area contributed by atoms with E-state index in [9.17, 15) is 4.79 Å². The molecule has 3 unspecified atom stereocenters. The average Bonchev–Trinajstić information content (AvgIpc) is 3.37. The molecule has 7 heteroatoms. The maximum atomic E-state index is 13.1. The maximum Gasteiger partial charge on any atom is 0.320 e. The summed E-state index contributed by atoms with van der Waals surface area (Å²) < 4.78 is 0. The maximum absolute atomic E-state index is 13.1. The van der Waals surface area contributed by atoms with E-state index >= 15 is 0 Å². The van der Waals surface area contributed by atoms with Gasteiger partial charge in [-0.1, -0.05) is 25.1 Å². The van der Waals surface area contributed by atoms with Crippen LogP contribution in [0.3, 0.4) is 0 Å². The van der Waals surface area contributed by atoms with Gasteiger partial charge in [0.15, 0.2) is 0 Å². The molecule has 6 rings (SSSR count). The van der Waals surface area contributed by atoms with Gasteiger partial charge in [0.05, 0.1) is 29.6 Å². The first-order chi connectivity index (χ1) is 17.6. The van der Waals surface area contributed by atoms with Gasteiger partial charge < -0.3 is 20.0 Å². The van der Waals surface area contributed by atoms with Crippen molar-refractivity contribution in [2.75, 3.05) is 36.4 Å². The molecule has 3 fully saturated rings. The molecule has 7 nitrogen and oxygen atoms in total. The van der Waals surface area contributed by atoms with Crippen LogP contribution in [-0.2, 0) is 6.54 Å². The molecule has 0 saturated carbocycles. The van der Waals surface area contributed by atoms with Crippen LogP contribution in [0.1, 0.15) is 44.7 Å². The molecule has 36 heavy (non-hydrogen) atoms. The van der Waals surface area contributed by atoms with Crippen molar-refractivity contribution in [2.24, 2.45) is 5.92 Å². The van der Waals surface area contributed by atoms with Gasteiger partial charge in [0.25, 0.3) is 0 Å². The highest BCUT2D eigenvalue weighted by molar-refractivity contribution is 5.80. The molecule has 3 saturated heterocycles. The largest absolute Gasteiger partial charge is 0.370 e. The van der Waals surface area contributed by atoms with Crippen LogP contribution in [0.25, 0.3) is 10.9 Å². The van der Waals surface area contributed by atoms with Gasteiger partial charge >= 0.3 is 6.03 Å². The van der Waals surface area contributed by atoms with Gasteiger partial charge in [-0.25, -0.2) is 9.78 Å². The van der Waals surface area contributed by atoms with E-state index in [2.05, 4.69) is 41.4 Å². The highest BCUT2D eigenvalue weighted by Gasteiger charge is 2.36. The molecule has 3 atom stereocenters. The minimum absolute atomic E-state index is 0.116. The lowest BCUT2D eigenvalue weighted by Crippen LogP contribution is -2.39. The number of urea groups is 1. The average molecular weight is 485 g/mol. The number of fused-ring (bicyclic) bond motifs is 3. The number of carbonyl (C=O) groups excluding carboxylic acids is 1. The monoisotopic (exact) mass is 484 g/mol. The highest BCUT2D eigenvalue weighted by Crippen LogP contribution is 2.38. The molecule has 2 amide bonds. The molecule has 1 N–H and O–H groups in total. The summed E-state index contributed by atoms with van der Waals surface area (Å²) in [6.07, 6.45) is 8.64. The van der Waals surface area contributed by atoms with Crippen molar-refractivity contribution in [3.05, 3.63) is 60.4 Å². The van der Waals surface area contributed by atoms with Crippen molar-refractivity contribution in [2.45, 2.75) is 57.7 Å². The Morgan fingerprint density at radius 1 is 0.972 bits per heavy atom. The fourth-order valence-electron chi connectivity index (χ4n) is 6.23. The van der Waals surface area contributed by atoms with E-state index in [-0.39, 0.29) is 6.03 Å². The topological polar surface area (TPSA) is 64.6 Å². The first-order valence-corrected chi connectivity index (χ1v) is 13.5. The minimum atomic E-state index is 0.116. The summed E-state index contributed by atoms with van der Waals surface area (Å²) in [5.41, 5.74) is 3.21. The van der Waals surface area contributed by atoms with E-state index in [0.29, 0.717) is 24.5 Å². The summed E-state index contributed by atoms with van der Waals surface area (Å²) in [7, 11) is 0. The van der Waals surface area contributed by atoms with Gasteiger partial charge in [0.2, 0.25) is 0 Å². The van der Waals surface area contributed by atoms with Crippen molar-refractivity contribution >= 4 is 28.4 Å². The van der Waals surface area contributed by atoms with Crippen LogP contribution in [0.4, 0.5) is 16.3 Å². The van der Waals surface area contributed by atoms with Gasteiger partial charge in [-0.3, -0.25) is 4.98 Å².